The maximum atomic E-state index is 12.1. The zero-order chi connectivity index (χ0) is 16.2. The van der Waals surface area contributed by atoms with Crippen molar-refractivity contribution in [2.75, 3.05) is 18.0 Å². The van der Waals surface area contributed by atoms with E-state index in [1.807, 2.05) is 19.9 Å². The van der Waals surface area contributed by atoms with Gasteiger partial charge in [0.1, 0.15) is 23.7 Å². The Kier molecular flexibility index (Phi) is 4.45. The van der Waals surface area contributed by atoms with Crippen LogP contribution >= 0.6 is 0 Å². The van der Waals surface area contributed by atoms with Crippen molar-refractivity contribution in [3.8, 4) is 0 Å². The number of amides is 1. The lowest BCUT2D eigenvalue weighted by atomic mass is 10.0. The average molecular weight is 312 g/mol. The standard InChI is InChI=1S/C16H20N6O/c1-11-9-15(20-12(2)19-11)22-7-4-13(5-8-22)21-16(23)14-3-6-17-10-18-14/h3,6,9-10,13H,4-5,7-8H2,1-2H3,(H,21,23). The van der Waals surface area contributed by atoms with Gasteiger partial charge in [-0.1, -0.05) is 0 Å². The summed E-state index contributed by atoms with van der Waals surface area (Å²) >= 11 is 0. The molecule has 0 radical (unpaired) electrons. The molecule has 1 fully saturated rings. The van der Waals surface area contributed by atoms with E-state index in [9.17, 15) is 4.79 Å². The molecule has 0 spiro atoms. The van der Waals surface area contributed by atoms with E-state index in [1.54, 1.807) is 12.3 Å². The second-order valence-corrected chi connectivity index (χ2v) is 5.74. The predicted molar refractivity (Wildman–Crippen MR) is 86.2 cm³/mol. The molecule has 2 aromatic heterocycles. The van der Waals surface area contributed by atoms with E-state index in [4.69, 9.17) is 0 Å². The van der Waals surface area contributed by atoms with Crippen LogP contribution < -0.4 is 10.2 Å². The van der Waals surface area contributed by atoms with Gasteiger partial charge in [0.25, 0.3) is 5.91 Å². The molecule has 3 heterocycles. The Hall–Kier alpha value is -2.57. The summed E-state index contributed by atoms with van der Waals surface area (Å²) in [5, 5.41) is 3.04. The number of carbonyl (C=O) groups excluding carboxylic acids is 1. The van der Waals surface area contributed by atoms with Gasteiger partial charge in [0.2, 0.25) is 0 Å². The number of nitrogens with zero attached hydrogens (tertiary/aromatic N) is 5. The van der Waals surface area contributed by atoms with Crippen LogP contribution in [0.1, 0.15) is 34.8 Å². The van der Waals surface area contributed by atoms with Gasteiger partial charge in [-0.3, -0.25) is 4.79 Å². The van der Waals surface area contributed by atoms with Crippen molar-refractivity contribution in [2.24, 2.45) is 0 Å². The molecular formula is C16H20N6O. The average Bonchev–Trinajstić information content (AvgIpc) is 2.55. The second-order valence-electron chi connectivity index (χ2n) is 5.74. The number of nitrogens with one attached hydrogen (secondary N) is 1. The molecule has 7 heteroatoms. The summed E-state index contributed by atoms with van der Waals surface area (Å²) in [5.41, 5.74) is 1.39. The van der Waals surface area contributed by atoms with Crippen LogP contribution in [0.2, 0.25) is 0 Å². The van der Waals surface area contributed by atoms with Gasteiger partial charge in [0.15, 0.2) is 0 Å². The van der Waals surface area contributed by atoms with E-state index < -0.39 is 0 Å². The lowest BCUT2D eigenvalue weighted by molar-refractivity contribution is 0.0926. The highest BCUT2D eigenvalue weighted by Crippen LogP contribution is 2.19. The number of carbonyl (C=O) groups is 1. The molecule has 2 aromatic rings. The molecule has 1 aliphatic rings. The van der Waals surface area contributed by atoms with Crippen molar-refractivity contribution in [3.63, 3.8) is 0 Å². The van der Waals surface area contributed by atoms with Gasteiger partial charge in [-0.25, -0.2) is 19.9 Å². The van der Waals surface area contributed by atoms with Gasteiger partial charge in [-0.05, 0) is 32.8 Å². The topological polar surface area (TPSA) is 83.9 Å². The highest BCUT2D eigenvalue weighted by atomic mass is 16.1. The molecule has 0 aliphatic carbocycles. The number of aryl methyl sites for hydroxylation is 2. The highest BCUT2D eigenvalue weighted by molar-refractivity contribution is 5.92. The summed E-state index contributed by atoms with van der Waals surface area (Å²) in [7, 11) is 0. The van der Waals surface area contributed by atoms with E-state index in [1.165, 1.54) is 6.33 Å². The smallest absolute Gasteiger partial charge is 0.270 e. The first kappa shape index (κ1) is 15.3. The van der Waals surface area contributed by atoms with Crippen LogP contribution in [0.4, 0.5) is 5.82 Å². The summed E-state index contributed by atoms with van der Waals surface area (Å²) in [4.78, 5) is 31.0. The molecule has 7 nitrogen and oxygen atoms in total. The molecule has 0 bridgehead atoms. The molecule has 0 saturated carbocycles. The van der Waals surface area contributed by atoms with Gasteiger partial charge >= 0.3 is 0 Å². The van der Waals surface area contributed by atoms with Crippen molar-refractivity contribution < 1.29 is 4.79 Å². The molecule has 1 saturated heterocycles. The van der Waals surface area contributed by atoms with Gasteiger partial charge in [-0.15, -0.1) is 0 Å². The fourth-order valence-corrected chi connectivity index (χ4v) is 2.80. The lowest BCUT2D eigenvalue weighted by Gasteiger charge is -2.33. The summed E-state index contributed by atoms with van der Waals surface area (Å²) in [6.07, 6.45) is 4.74. The first-order valence-corrected chi connectivity index (χ1v) is 7.76. The Morgan fingerprint density at radius 1 is 1.26 bits per heavy atom. The fraction of sp³-hybridized carbons (Fsp3) is 0.438. The van der Waals surface area contributed by atoms with Crippen LogP contribution in [0.15, 0.2) is 24.7 Å². The van der Waals surface area contributed by atoms with Gasteiger partial charge in [0.05, 0.1) is 0 Å². The van der Waals surface area contributed by atoms with E-state index in [0.717, 1.165) is 43.3 Å². The molecule has 1 aliphatic heterocycles. The predicted octanol–water partition coefficient (Wildman–Crippen LogP) is 1.28. The Morgan fingerprint density at radius 3 is 2.70 bits per heavy atom. The van der Waals surface area contributed by atoms with Gasteiger partial charge in [-0.2, -0.15) is 0 Å². The van der Waals surface area contributed by atoms with Crippen LogP contribution in [0.25, 0.3) is 0 Å². The van der Waals surface area contributed by atoms with Crippen LogP contribution in [0, 0.1) is 13.8 Å². The van der Waals surface area contributed by atoms with Crippen LogP contribution in [0.5, 0.6) is 0 Å². The van der Waals surface area contributed by atoms with Crippen molar-refractivity contribution in [2.45, 2.75) is 32.7 Å². The maximum Gasteiger partial charge on any atom is 0.270 e. The van der Waals surface area contributed by atoms with Gasteiger partial charge < -0.3 is 10.2 Å². The summed E-state index contributed by atoms with van der Waals surface area (Å²) in [6, 6.07) is 3.79. The second kappa shape index (κ2) is 6.68. The molecule has 120 valence electrons. The fourth-order valence-electron chi connectivity index (χ4n) is 2.80. The number of aromatic nitrogens is 4. The third-order valence-electron chi connectivity index (χ3n) is 3.92. The van der Waals surface area contributed by atoms with Crippen molar-refractivity contribution in [3.05, 3.63) is 41.9 Å². The largest absolute Gasteiger partial charge is 0.356 e. The van der Waals surface area contributed by atoms with E-state index in [0.29, 0.717) is 5.69 Å². The molecule has 0 unspecified atom stereocenters. The summed E-state index contributed by atoms with van der Waals surface area (Å²) < 4.78 is 0. The number of piperidine rings is 1. The normalized spacial score (nSPS) is 15.5. The molecule has 1 N–H and O–H groups in total. The van der Waals surface area contributed by atoms with Crippen molar-refractivity contribution in [1.29, 1.82) is 0 Å². The number of hydrogen-bond acceptors (Lipinski definition) is 6. The number of anilines is 1. The van der Waals surface area contributed by atoms with Crippen molar-refractivity contribution in [1.82, 2.24) is 25.3 Å². The lowest BCUT2D eigenvalue weighted by Crippen LogP contribution is -2.45. The number of rotatable bonds is 3. The van der Waals surface area contributed by atoms with Crippen LogP contribution in [-0.2, 0) is 0 Å². The Bertz CT molecular complexity index is 662. The maximum absolute atomic E-state index is 12.1. The van der Waals surface area contributed by atoms with Crippen molar-refractivity contribution >= 4 is 11.7 Å². The van der Waals surface area contributed by atoms with E-state index in [-0.39, 0.29) is 11.9 Å². The minimum Gasteiger partial charge on any atom is -0.356 e. The zero-order valence-electron chi connectivity index (χ0n) is 13.4. The van der Waals surface area contributed by atoms with E-state index in [2.05, 4.69) is 30.2 Å². The highest BCUT2D eigenvalue weighted by Gasteiger charge is 2.22. The molecule has 23 heavy (non-hydrogen) atoms. The summed E-state index contributed by atoms with van der Waals surface area (Å²) in [6.45, 7) is 5.62. The number of hydrogen-bond donors (Lipinski definition) is 1. The SMILES string of the molecule is Cc1cc(N2CCC(NC(=O)c3ccncn3)CC2)nc(C)n1. The first-order valence-electron chi connectivity index (χ1n) is 7.76. The minimum atomic E-state index is -0.139. The minimum absolute atomic E-state index is 0.139. The van der Waals surface area contributed by atoms with Crippen LogP contribution in [-0.4, -0.2) is 45.0 Å². The molecule has 0 aromatic carbocycles. The molecule has 1 amide bonds. The third kappa shape index (κ3) is 3.80. The Labute approximate surface area is 135 Å². The quantitative estimate of drug-likeness (QED) is 0.919. The molecule has 3 rings (SSSR count). The summed E-state index contributed by atoms with van der Waals surface area (Å²) in [5.74, 6) is 1.62. The van der Waals surface area contributed by atoms with Gasteiger partial charge in [0, 0.05) is 37.1 Å². The Morgan fingerprint density at radius 2 is 2.04 bits per heavy atom. The Balaban J connectivity index is 1.57. The molecular weight excluding hydrogens is 292 g/mol. The zero-order valence-corrected chi connectivity index (χ0v) is 13.4. The monoisotopic (exact) mass is 312 g/mol. The first-order chi connectivity index (χ1) is 11.1. The molecule has 0 atom stereocenters. The van der Waals surface area contributed by atoms with E-state index >= 15 is 0 Å². The third-order valence-corrected chi connectivity index (χ3v) is 3.92. The van der Waals surface area contributed by atoms with Crippen LogP contribution in [0.3, 0.4) is 0 Å².